The van der Waals surface area contributed by atoms with E-state index in [-0.39, 0.29) is 0 Å². The molecule has 1 heterocycles. The minimum atomic E-state index is 0.526. The maximum absolute atomic E-state index is 5.86. The first-order valence-corrected chi connectivity index (χ1v) is 5.34. The summed E-state index contributed by atoms with van der Waals surface area (Å²) in [5, 5.41) is 3.78. The SMILES string of the molecule is CCCCCNc1ncnc(Cl)c1C. The Kier molecular flexibility index (Phi) is 4.66. The first-order chi connectivity index (χ1) is 6.75. The summed E-state index contributed by atoms with van der Waals surface area (Å²) in [5.74, 6) is 0.848. The summed E-state index contributed by atoms with van der Waals surface area (Å²) in [6, 6.07) is 0. The lowest BCUT2D eigenvalue weighted by atomic mass is 10.2. The van der Waals surface area contributed by atoms with E-state index < -0.39 is 0 Å². The van der Waals surface area contributed by atoms with Crippen molar-refractivity contribution in [2.45, 2.75) is 33.1 Å². The first kappa shape index (κ1) is 11.2. The number of hydrogen-bond acceptors (Lipinski definition) is 3. The van der Waals surface area contributed by atoms with Gasteiger partial charge in [0.25, 0.3) is 0 Å². The molecule has 14 heavy (non-hydrogen) atoms. The van der Waals surface area contributed by atoms with Gasteiger partial charge >= 0.3 is 0 Å². The topological polar surface area (TPSA) is 37.8 Å². The van der Waals surface area contributed by atoms with Crippen molar-refractivity contribution in [1.82, 2.24) is 9.97 Å². The average Bonchev–Trinajstić information content (AvgIpc) is 2.19. The molecule has 78 valence electrons. The van der Waals surface area contributed by atoms with Gasteiger partial charge in [-0.15, -0.1) is 0 Å². The van der Waals surface area contributed by atoms with Gasteiger partial charge in [-0.3, -0.25) is 0 Å². The molecule has 0 saturated heterocycles. The fourth-order valence-corrected chi connectivity index (χ4v) is 1.32. The maximum atomic E-state index is 5.86. The number of rotatable bonds is 5. The minimum absolute atomic E-state index is 0.526. The van der Waals surface area contributed by atoms with E-state index in [9.17, 15) is 0 Å². The summed E-state index contributed by atoms with van der Waals surface area (Å²) < 4.78 is 0. The predicted molar refractivity (Wildman–Crippen MR) is 59.8 cm³/mol. The third-order valence-corrected chi connectivity index (χ3v) is 2.48. The highest BCUT2D eigenvalue weighted by Crippen LogP contribution is 2.17. The average molecular weight is 214 g/mol. The normalized spacial score (nSPS) is 10.2. The van der Waals surface area contributed by atoms with E-state index in [2.05, 4.69) is 22.2 Å². The van der Waals surface area contributed by atoms with Crippen molar-refractivity contribution < 1.29 is 0 Å². The maximum Gasteiger partial charge on any atom is 0.137 e. The van der Waals surface area contributed by atoms with Gasteiger partial charge < -0.3 is 5.32 Å². The molecule has 3 nitrogen and oxygen atoms in total. The Morgan fingerprint density at radius 3 is 2.86 bits per heavy atom. The first-order valence-electron chi connectivity index (χ1n) is 4.96. The number of nitrogens with zero attached hydrogens (tertiary/aromatic N) is 2. The van der Waals surface area contributed by atoms with Crippen LogP contribution in [0.15, 0.2) is 6.33 Å². The van der Waals surface area contributed by atoms with Crippen LogP contribution in [0.5, 0.6) is 0 Å². The van der Waals surface area contributed by atoms with Crippen LogP contribution in [0.3, 0.4) is 0 Å². The van der Waals surface area contributed by atoms with Crippen molar-refractivity contribution in [3.05, 3.63) is 17.0 Å². The molecule has 0 amide bonds. The van der Waals surface area contributed by atoms with Crippen LogP contribution >= 0.6 is 11.6 Å². The highest BCUT2D eigenvalue weighted by Gasteiger charge is 2.02. The van der Waals surface area contributed by atoms with Crippen LogP contribution in [-0.2, 0) is 0 Å². The highest BCUT2D eigenvalue weighted by atomic mass is 35.5. The zero-order chi connectivity index (χ0) is 10.4. The fraction of sp³-hybridized carbons (Fsp3) is 0.600. The molecule has 0 spiro atoms. The second kappa shape index (κ2) is 5.81. The lowest BCUT2D eigenvalue weighted by Gasteiger charge is -2.07. The van der Waals surface area contributed by atoms with Gasteiger partial charge in [-0.1, -0.05) is 31.4 Å². The number of halogens is 1. The van der Waals surface area contributed by atoms with Gasteiger partial charge in [-0.25, -0.2) is 9.97 Å². The van der Waals surface area contributed by atoms with Crippen molar-refractivity contribution in [2.24, 2.45) is 0 Å². The van der Waals surface area contributed by atoms with Crippen molar-refractivity contribution in [1.29, 1.82) is 0 Å². The quantitative estimate of drug-likeness (QED) is 0.604. The van der Waals surface area contributed by atoms with Gasteiger partial charge in [0.2, 0.25) is 0 Å². The van der Waals surface area contributed by atoms with Gasteiger partial charge in [0, 0.05) is 12.1 Å². The third-order valence-electron chi connectivity index (χ3n) is 2.10. The van der Waals surface area contributed by atoms with Crippen LogP contribution in [0, 0.1) is 6.92 Å². The molecule has 1 aromatic rings. The van der Waals surface area contributed by atoms with Crippen LogP contribution < -0.4 is 5.32 Å². The van der Waals surface area contributed by atoms with Gasteiger partial charge in [0.05, 0.1) is 0 Å². The molecular formula is C10H16ClN3. The summed E-state index contributed by atoms with van der Waals surface area (Å²) in [7, 11) is 0. The number of unbranched alkanes of at least 4 members (excludes halogenated alkanes) is 2. The van der Waals surface area contributed by atoms with E-state index >= 15 is 0 Å². The number of hydrogen-bond donors (Lipinski definition) is 1. The Bertz CT molecular complexity index is 289. The number of nitrogens with one attached hydrogen (secondary N) is 1. The third kappa shape index (κ3) is 3.14. The molecule has 1 N–H and O–H groups in total. The molecule has 0 atom stereocenters. The van der Waals surface area contributed by atoms with Gasteiger partial charge in [-0.2, -0.15) is 0 Å². The molecule has 4 heteroatoms. The smallest absolute Gasteiger partial charge is 0.137 e. The molecule has 0 radical (unpaired) electrons. The van der Waals surface area contributed by atoms with E-state index in [0.29, 0.717) is 5.15 Å². The summed E-state index contributed by atoms with van der Waals surface area (Å²) >= 11 is 5.86. The van der Waals surface area contributed by atoms with Crippen LogP contribution in [0.25, 0.3) is 0 Å². The lowest BCUT2D eigenvalue weighted by molar-refractivity contribution is 0.741. The summed E-state index contributed by atoms with van der Waals surface area (Å²) in [5.41, 5.74) is 0.922. The molecule has 0 bridgehead atoms. The van der Waals surface area contributed by atoms with E-state index in [1.807, 2.05) is 6.92 Å². The van der Waals surface area contributed by atoms with E-state index in [0.717, 1.165) is 24.3 Å². The molecule has 0 unspecified atom stereocenters. The minimum Gasteiger partial charge on any atom is -0.370 e. The molecule has 0 aliphatic rings. The monoisotopic (exact) mass is 213 g/mol. The predicted octanol–water partition coefficient (Wildman–Crippen LogP) is 3.04. The van der Waals surface area contributed by atoms with Gasteiger partial charge in [0.1, 0.15) is 17.3 Å². The fourth-order valence-electron chi connectivity index (χ4n) is 1.19. The molecule has 1 rings (SSSR count). The summed E-state index contributed by atoms with van der Waals surface area (Å²) in [6.45, 7) is 5.05. The Labute approximate surface area is 89.9 Å². The van der Waals surface area contributed by atoms with E-state index in [1.54, 1.807) is 0 Å². The number of aromatic nitrogens is 2. The zero-order valence-electron chi connectivity index (χ0n) is 8.68. The molecule has 0 aromatic carbocycles. The zero-order valence-corrected chi connectivity index (χ0v) is 9.43. The Balaban J connectivity index is 2.46. The van der Waals surface area contributed by atoms with Crippen molar-refractivity contribution >= 4 is 17.4 Å². The van der Waals surface area contributed by atoms with E-state index in [1.165, 1.54) is 19.2 Å². The Hall–Kier alpha value is -0.830. The Morgan fingerprint density at radius 1 is 1.36 bits per heavy atom. The lowest BCUT2D eigenvalue weighted by Crippen LogP contribution is -2.05. The van der Waals surface area contributed by atoms with Crippen molar-refractivity contribution in [3.63, 3.8) is 0 Å². The van der Waals surface area contributed by atoms with Gasteiger partial charge in [-0.05, 0) is 13.3 Å². The molecule has 0 fully saturated rings. The summed E-state index contributed by atoms with van der Waals surface area (Å²) in [6.07, 6.45) is 5.12. The van der Waals surface area contributed by atoms with Crippen molar-refractivity contribution in [2.75, 3.05) is 11.9 Å². The Morgan fingerprint density at radius 2 is 2.14 bits per heavy atom. The summed E-state index contributed by atoms with van der Waals surface area (Å²) in [4.78, 5) is 8.03. The second-order valence-electron chi connectivity index (χ2n) is 3.27. The standard InChI is InChI=1S/C10H16ClN3/c1-3-4-5-6-12-10-8(2)9(11)13-7-14-10/h7H,3-6H2,1-2H3,(H,12,13,14). The molecule has 0 aliphatic carbocycles. The molecule has 0 saturated carbocycles. The highest BCUT2D eigenvalue weighted by molar-refractivity contribution is 6.30. The largest absolute Gasteiger partial charge is 0.370 e. The van der Waals surface area contributed by atoms with E-state index in [4.69, 9.17) is 11.6 Å². The van der Waals surface area contributed by atoms with Gasteiger partial charge in [0.15, 0.2) is 0 Å². The van der Waals surface area contributed by atoms with Crippen LogP contribution in [0.1, 0.15) is 31.7 Å². The molecule has 1 aromatic heterocycles. The number of anilines is 1. The van der Waals surface area contributed by atoms with Crippen LogP contribution in [-0.4, -0.2) is 16.5 Å². The second-order valence-corrected chi connectivity index (χ2v) is 3.63. The van der Waals surface area contributed by atoms with Crippen molar-refractivity contribution in [3.8, 4) is 0 Å². The van der Waals surface area contributed by atoms with Crippen LogP contribution in [0.2, 0.25) is 5.15 Å². The molecule has 0 aliphatic heterocycles. The molecular weight excluding hydrogens is 198 g/mol. The van der Waals surface area contributed by atoms with Crippen LogP contribution in [0.4, 0.5) is 5.82 Å².